The molecule has 0 saturated carbocycles. The molecule has 0 aliphatic rings. The maximum absolute atomic E-state index is 10.6. The van der Waals surface area contributed by atoms with Gasteiger partial charge in [-0.25, -0.2) is 0 Å². The normalized spacial score (nSPS) is 9.67. The molecule has 4 nitrogen and oxygen atoms in total. The molecule has 3 N–H and O–H groups in total. The van der Waals surface area contributed by atoms with Gasteiger partial charge in [-0.1, -0.05) is 11.6 Å². The van der Waals surface area contributed by atoms with Crippen LogP contribution in [-0.2, 0) is 17.8 Å². The summed E-state index contributed by atoms with van der Waals surface area (Å²) in [4.78, 5) is 10.6. The zero-order valence-electron chi connectivity index (χ0n) is 7.83. The highest BCUT2D eigenvalue weighted by atomic mass is 35.5. The van der Waals surface area contributed by atoms with E-state index >= 15 is 0 Å². The molecule has 0 saturated heterocycles. The lowest BCUT2D eigenvalue weighted by atomic mass is 10.00. The summed E-state index contributed by atoms with van der Waals surface area (Å²) in [5.74, 6) is -1.00. The van der Waals surface area contributed by atoms with Gasteiger partial charge in [0.05, 0.1) is 18.1 Å². The number of nitrogens with zero attached hydrogens (tertiary/aromatic N) is 1. The van der Waals surface area contributed by atoms with Gasteiger partial charge < -0.3 is 10.8 Å². The van der Waals surface area contributed by atoms with Crippen molar-refractivity contribution in [1.82, 2.24) is 0 Å². The van der Waals surface area contributed by atoms with Crippen molar-refractivity contribution < 1.29 is 9.90 Å². The van der Waals surface area contributed by atoms with Crippen LogP contribution < -0.4 is 5.73 Å². The smallest absolute Gasteiger partial charge is 0.307 e. The Bertz CT molecular complexity index is 438. The number of nitrogens with two attached hydrogens (primary N) is 1. The summed E-state index contributed by atoms with van der Waals surface area (Å²) in [5.41, 5.74) is 6.72. The third-order valence-corrected chi connectivity index (χ3v) is 2.16. The molecule has 78 valence electrons. The number of aliphatic carboxylic acids is 1. The zero-order chi connectivity index (χ0) is 11.4. The molecule has 0 radical (unpaired) electrons. The number of nitriles is 1. The lowest BCUT2D eigenvalue weighted by molar-refractivity contribution is -0.136. The highest BCUT2D eigenvalue weighted by Gasteiger charge is 2.11. The largest absolute Gasteiger partial charge is 0.481 e. The van der Waals surface area contributed by atoms with E-state index in [-0.39, 0.29) is 13.0 Å². The fourth-order valence-corrected chi connectivity index (χ4v) is 1.60. The third-order valence-electron chi connectivity index (χ3n) is 1.94. The molecule has 0 bridgehead atoms. The van der Waals surface area contributed by atoms with Gasteiger partial charge in [0.2, 0.25) is 0 Å². The number of carboxylic acid groups (broad SMARTS) is 1. The Labute approximate surface area is 91.9 Å². The summed E-state index contributed by atoms with van der Waals surface area (Å²) in [6, 6.07) is 5.00. The third kappa shape index (κ3) is 2.69. The molecule has 0 spiro atoms. The quantitative estimate of drug-likeness (QED) is 0.810. The van der Waals surface area contributed by atoms with Gasteiger partial charge in [0.25, 0.3) is 0 Å². The lowest BCUT2D eigenvalue weighted by Gasteiger charge is -2.07. The number of benzene rings is 1. The molecule has 1 aromatic rings. The minimum atomic E-state index is -1.00. The van der Waals surface area contributed by atoms with Crippen molar-refractivity contribution in [3.63, 3.8) is 0 Å². The summed E-state index contributed by atoms with van der Waals surface area (Å²) >= 11 is 5.78. The van der Waals surface area contributed by atoms with Gasteiger partial charge in [-0.15, -0.1) is 0 Å². The average Bonchev–Trinajstić information content (AvgIpc) is 2.15. The van der Waals surface area contributed by atoms with Gasteiger partial charge >= 0.3 is 5.97 Å². The van der Waals surface area contributed by atoms with Crippen LogP contribution in [0.5, 0.6) is 0 Å². The van der Waals surface area contributed by atoms with Gasteiger partial charge in [-0.2, -0.15) is 5.26 Å². The Morgan fingerprint density at radius 2 is 2.13 bits per heavy atom. The van der Waals surface area contributed by atoms with E-state index in [1.165, 1.54) is 6.07 Å². The highest BCUT2D eigenvalue weighted by molar-refractivity contribution is 6.30. The van der Waals surface area contributed by atoms with Gasteiger partial charge in [-0.05, 0) is 23.3 Å². The monoisotopic (exact) mass is 224 g/mol. The minimum Gasteiger partial charge on any atom is -0.481 e. The lowest BCUT2D eigenvalue weighted by Crippen LogP contribution is -2.07. The van der Waals surface area contributed by atoms with Crippen LogP contribution in [0.3, 0.4) is 0 Å². The van der Waals surface area contributed by atoms with Crippen molar-refractivity contribution in [3.05, 3.63) is 33.8 Å². The molecule has 0 amide bonds. The first-order valence-electron chi connectivity index (χ1n) is 4.21. The predicted octanol–water partition coefficient (Wildman–Crippen LogP) is 1.30. The standard InChI is InChI=1S/C10H9ClN2O2/c11-8-1-6(3-10(14)15)9(5-13)7(2-8)4-12/h1-2H,3-4,12H2,(H,14,15). The van der Waals surface area contributed by atoms with Gasteiger partial charge in [0, 0.05) is 11.6 Å². The maximum Gasteiger partial charge on any atom is 0.307 e. The van der Waals surface area contributed by atoms with Crippen molar-refractivity contribution >= 4 is 17.6 Å². The molecule has 0 aliphatic carbocycles. The molecule has 15 heavy (non-hydrogen) atoms. The van der Waals surface area contributed by atoms with E-state index in [1.807, 2.05) is 6.07 Å². The number of halogens is 1. The second kappa shape index (κ2) is 4.78. The van der Waals surface area contributed by atoms with Crippen LogP contribution in [0.15, 0.2) is 12.1 Å². The molecular formula is C10H9ClN2O2. The molecule has 5 heteroatoms. The van der Waals surface area contributed by atoms with E-state index in [4.69, 9.17) is 27.7 Å². The molecule has 0 atom stereocenters. The van der Waals surface area contributed by atoms with Crippen LogP contribution >= 0.6 is 11.6 Å². The number of carboxylic acids is 1. The first-order chi connectivity index (χ1) is 7.08. The second-order valence-corrected chi connectivity index (χ2v) is 3.42. The second-order valence-electron chi connectivity index (χ2n) is 2.99. The number of carbonyl (C=O) groups is 1. The van der Waals surface area contributed by atoms with Crippen LogP contribution in [0.2, 0.25) is 5.02 Å². The van der Waals surface area contributed by atoms with Gasteiger partial charge in [0.15, 0.2) is 0 Å². The van der Waals surface area contributed by atoms with Crippen LogP contribution in [0.4, 0.5) is 0 Å². The topological polar surface area (TPSA) is 87.1 Å². The highest BCUT2D eigenvalue weighted by Crippen LogP contribution is 2.21. The molecule has 1 rings (SSSR count). The summed E-state index contributed by atoms with van der Waals surface area (Å²) in [6.07, 6.45) is -0.226. The Kier molecular flexibility index (Phi) is 3.67. The summed E-state index contributed by atoms with van der Waals surface area (Å²) < 4.78 is 0. The van der Waals surface area contributed by atoms with Crippen LogP contribution in [0, 0.1) is 11.3 Å². The molecule has 0 fully saturated rings. The average molecular weight is 225 g/mol. The number of rotatable bonds is 3. The molecule has 0 aromatic heterocycles. The van der Waals surface area contributed by atoms with E-state index in [0.29, 0.717) is 21.7 Å². The van der Waals surface area contributed by atoms with E-state index in [2.05, 4.69) is 0 Å². The SMILES string of the molecule is N#Cc1c(CN)cc(Cl)cc1CC(=O)O. The molecule has 0 heterocycles. The summed E-state index contributed by atoms with van der Waals surface area (Å²) in [6.45, 7) is 0.163. The Hall–Kier alpha value is -1.57. The predicted molar refractivity (Wildman–Crippen MR) is 55.4 cm³/mol. The molecule has 0 aliphatic heterocycles. The molecular weight excluding hydrogens is 216 g/mol. The van der Waals surface area contributed by atoms with Crippen molar-refractivity contribution in [1.29, 1.82) is 5.26 Å². The fraction of sp³-hybridized carbons (Fsp3) is 0.200. The Balaban J connectivity index is 3.30. The number of hydrogen-bond acceptors (Lipinski definition) is 3. The van der Waals surface area contributed by atoms with Crippen LogP contribution in [0.25, 0.3) is 0 Å². The van der Waals surface area contributed by atoms with Crippen molar-refractivity contribution in [2.45, 2.75) is 13.0 Å². The van der Waals surface area contributed by atoms with E-state index in [0.717, 1.165) is 0 Å². The van der Waals surface area contributed by atoms with Gasteiger partial charge in [-0.3, -0.25) is 4.79 Å². The van der Waals surface area contributed by atoms with Crippen molar-refractivity contribution in [2.75, 3.05) is 0 Å². The summed E-state index contributed by atoms with van der Waals surface area (Å²) in [5, 5.41) is 17.9. The number of hydrogen-bond donors (Lipinski definition) is 2. The summed E-state index contributed by atoms with van der Waals surface area (Å²) in [7, 11) is 0. The first kappa shape index (κ1) is 11.5. The molecule has 1 aromatic carbocycles. The van der Waals surface area contributed by atoms with Crippen molar-refractivity contribution in [2.24, 2.45) is 5.73 Å². The van der Waals surface area contributed by atoms with Crippen molar-refractivity contribution in [3.8, 4) is 6.07 Å². The van der Waals surface area contributed by atoms with Crippen LogP contribution in [-0.4, -0.2) is 11.1 Å². The zero-order valence-corrected chi connectivity index (χ0v) is 8.58. The first-order valence-corrected chi connectivity index (χ1v) is 4.59. The van der Waals surface area contributed by atoms with Gasteiger partial charge in [0.1, 0.15) is 0 Å². The van der Waals surface area contributed by atoms with E-state index in [9.17, 15) is 4.79 Å². The Morgan fingerprint density at radius 1 is 1.53 bits per heavy atom. The van der Waals surface area contributed by atoms with Crippen LogP contribution in [0.1, 0.15) is 16.7 Å². The fourth-order valence-electron chi connectivity index (χ4n) is 1.33. The molecule has 0 unspecified atom stereocenters. The van der Waals surface area contributed by atoms with E-state index < -0.39 is 5.97 Å². The minimum absolute atomic E-state index is 0.163. The Morgan fingerprint density at radius 3 is 2.60 bits per heavy atom. The van der Waals surface area contributed by atoms with E-state index in [1.54, 1.807) is 6.07 Å². The maximum atomic E-state index is 10.6.